The number of nitrogens with zero attached hydrogens (tertiary/aromatic N) is 2. The summed E-state index contributed by atoms with van der Waals surface area (Å²) in [4.78, 5) is 26.6. The summed E-state index contributed by atoms with van der Waals surface area (Å²) in [5, 5.41) is 20.8. The molecule has 8 nitrogen and oxygen atoms in total. The number of hydrogen-bond acceptors (Lipinski definition) is 5. The van der Waals surface area contributed by atoms with Gasteiger partial charge in [-0.3, -0.25) is 14.7 Å². The van der Waals surface area contributed by atoms with Crippen LogP contribution in [-0.2, 0) is 4.79 Å². The van der Waals surface area contributed by atoms with Crippen LogP contribution in [0.1, 0.15) is 47.6 Å². The fraction of sp³-hybridized carbons (Fsp3) is 0.323. The molecule has 4 aromatic rings. The zero-order chi connectivity index (χ0) is 26.8. The van der Waals surface area contributed by atoms with E-state index in [-0.39, 0.29) is 24.0 Å². The molecule has 0 spiro atoms. The summed E-state index contributed by atoms with van der Waals surface area (Å²) in [6.07, 6.45) is 3.75. The van der Waals surface area contributed by atoms with Gasteiger partial charge in [0.05, 0.1) is 17.3 Å². The van der Waals surface area contributed by atoms with Gasteiger partial charge >= 0.3 is 0 Å². The van der Waals surface area contributed by atoms with Crippen LogP contribution < -0.4 is 10.1 Å². The molecule has 3 aromatic carbocycles. The van der Waals surface area contributed by atoms with E-state index in [1.807, 2.05) is 60.7 Å². The first-order valence-corrected chi connectivity index (χ1v) is 13.6. The van der Waals surface area contributed by atoms with Gasteiger partial charge in [0.25, 0.3) is 5.91 Å². The molecule has 2 amide bonds. The number of carbonyl (C=O) groups is 2. The molecule has 3 N–H and O–H groups in total. The van der Waals surface area contributed by atoms with Crippen LogP contribution in [0.3, 0.4) is 0 Å². The molecule has 0 radical (unpaired) electrons. The molecular formula is C31H32N4O4. The van der Waals surface area contributed by atoms with Crippen molar-refractivity contribution in [1.82, 2.24) is 20.4 Å². The van der Waals surface area contributed by atoms with Crippen molar-refractivity contribution >= 4 is 22.7 Å². The third-order valence-electron chi connectivity index (χ3n) is 7.72. The van der Waals surface area contributed by atoms with Crippen molar-refractivity contribution in [1.29, 1.82) is 0 Å². The Kier molecular flexibility index (Phi) is 7.02. The smallest absolute Gasteiger partial charge is 0.251 e. The first-order chi connectivity index (χ1) is 19.1. The largest absolute Gasteiger partial charge is 0.490 e. The first-order valence-electron chi connectivity index (χ1n) is 13.6. The van der Waals surface area contributed by atoms with Crippen LogP contribution in [0.2, 0.25) is 0 Å². The fourth-order valence-corrected chi connectivity index (χ4v) is 5.37. The number of amides is 2. The van der Waals surface area contributed by atoms with Crippen molar-refractivity contribution < 1.29 is 19.4 Å². The molecule has 1 aromatic heterocycles. The van der Waals surface area contributed by atoms with Crippen molar-refractivity contribution in [2.75, 3.05) is 19.7 Å². The van der Waals surface area contributed by atoms with E-state index in [0.717, 1.165) is 59.2 Å². The minimum Gasteiger partial charge on any atom is -0.490 e. The number of aromatic amines is 1. The number of aliphatic hydroxyl groups is 1. The van der Waals surface area contributed by atoms with E-state index in [9.17, 15) is 9.59 Å². The number of fused-ring (bicyclic) bond motifs is 1. The number of H-pyrrole nitrogens is 1. The average molecular weight is 525 g/mol. The molecule has 2 aliphatic rings. The lowest BCUT2D eigenvalue weighted by Crippen LogP contribution is -2.42. The first kappa shape index (κ1) is 25.1. The second-order valence-electron chi connectivity index (χ2n) is 10.4. The molecule has 0 bridgehead atoms. The highest BCUT2D eigenvalue weighted by atomic mass is 16.5. The standard InChI is InChI=1S/C31H32N4O4/c36-19-28(37)35-16-14-25(15-17-35)39-24-11-8-22(9-12-24)30-26-18-23(10-13-27(26)33-34-30)31(38)32-29(21-6-7-21)20-4-2-1-3-5-20/h1-5,8-13,18,21,25,29,36H,6-7,14-17,19H2,(H,32,38)(H,33,34)/t29-/m1/s1. The zero-order valence-electron chi connectivity index (χ0n) is 21.7. The van der Waals surface area contributed by atoms with Gasteiger partial charge in [0.2, 0.25) is 5.91 Å². The fourth-order valence-electron chi connectivity index (χ4n) is 5.37. The number of aliphatic hydroxyl groups excluding tert-OH is 1. The minimum atomic E-state index is -0.449. The van der Waals surface area contributed by atoms with Crippen LogP contribution in [0.4, 0.5) is 0 Å². The number of nitrogens with one attached hydrogen (secondary N) is 2. The molecule has 1 saturated heterocycles. The van der Waals surface area contributed by atoms with Crippen LogP contribution in [-0.4, -0.2) is 57.8 Å². The molecule has 6 rings (SSSR count). The van der Waals surface area contributed by atoms with Crippen molar-refractivity contribution in [2.45, 2.75) is 37.8 Å². The summed E-state index contributed by atoms with van der Waals surface area (Å²) in [5.74, 6) is 0.933. The van der Waals surface area contributed by atoms with Gasteiger partial charge in [0.15, 0.2) is 0 Å². The Bertz CT molecular complexity index is 1460. The molecular weight excluding hydrogens is 492 g/mol. The van der Waals surface area contributed by atoms with Crippen molar-refractivity contribution in [3.05, 3.63) is 83.9 Å². The second-order valence-corrected chi connectivity index (χ2v) is 10.4. The molecule has 39 heavy (non-hydrogen) atoms. The number of rotatable bonds is 8. The van der Waals surface area contributed by atoms with Gasteiger partial charge in [-0.05, 0) is 66.8 Å². The highest BCUT2D eigenvalue weighted by Gasteiger charge is 2.33. The van der Waals surface area contributed by atoms with E-state index in [1.165, 1.54) is 0 Å². The number of carbonyl (C=O) groups excluding carboxylic acids is 2. The third-order valence-corrected chi connectivity index (χ3v) is 7.72. The Hall–Kier alpha value is -4.17. The van der Waals surface area contributed by atoms with Crippen LogP contribution in [0.25, 0.3) is 22.2 Å². The predicted octanol–water partition coefficient (Wildman–Crippen LogP) is 4.47. The molecule has 1 atom stereocenters. The van der Waals surface area contributed by atoms with Gasteiger partial charge in [-0.25, -0.2) is 0 Å². The lowest BCUT2D eigenvalue weighted by molar-refractivity contribution is -0.135. The second kappa shape index (κ2) is 10.9. The predicted molar refractivity (Wildman–Crippen MR) is 148 cm³/mol. The van der Waals surface area contributed by atoms with E-state index in [2.05, 4.69) is 27.6 Å². The Labute approximate surface area is 227 Å². The van der Waals surface area contributed by atoms with E-state index in [4.69, 9.17) is 9.84 Å². The Morgan fingerprint density at radius 1 is 1.00 bits per heavy atom. The summed E-state index contributed by atoms with van der Waals surface area (Å²) in [6.45, 7) is 0.726. The van der Waals surface area contributed by atoms with Gasteiger partial charge in [-0.15, -0.1) is 0 Å². The highest BCUT2D eigenvalue weighted by Crippen LogP contribution is 2.41. The van der Waals surface area contributed by atoms with Gasteiger partial charge in [-0.1, -0.05) is 30.3 Å². The summed E-state index contributed by atoms with van der Waals surface area (Å²) in [5.41, 5.74) is 4.33. The third kappa shape index (κ3) is 5.52. The number of benzene rings is 3. The summed E-state index contributed by atoms with van der Waals surface area (Å²) < 4.78 is 6.14. The van der Waals surface area contributed by atoms with Gasteiger partial charge in [0.1, 0.15) is 18.5 Å². The van der Waals surface area contributed by atoms with Crippen LogP contribution >= 0.6 is 0 Å². The van der Waals surface area contributed by atoms with E-state index in [0.29, 0.717) is 24.6 Å². The topological polar surface area (TPSA) is 108 Å². The number of piperidine rings is 1. The molecule has 8 heteroatoms. The van der Waals surface area contributed by atoms with Crippen LogP contribution in [0.5, 0.6) is 5.75 Å². The lowest BCUT2D eigenvalue weighted by atomic mass is 10.0. The van der Waals surface area contributed by atoms with Crippen LogP contribution in [0, 0.1) is 5.92 Å². The SMILES string of the molecule is O=C(N[C@H](c1ccccc1)C1CC1)c1ccc2[nH]nc(-c3ccc(OC4CCN(C(=O)CO)CC4)cc3)c2c1. The lowest BCUT2D eigenvalue weighted by Gasteiger charge is -2.31. The maximum atomic E-state index is 13.3. The number of likely N-dealkylation sites (tertiary alicyclic amines) is 1. The highest BCUT2D eigenvalue weighted by molar-refractivity contribution is 6.01. The summed E-state index contributed by atoms with van der Waals surface area (Å²) in [6, 6.07) is 23.7. The monoisotopic (exact) mass is 524 g/mol. The molecule has 1 saturated carbocycles. The van der Waals surface area contributed by atoms with Gasteiger partial charge in [0, 0.05) is 42.4 Å². The summed E-state index contributed by atoms with van der Waals surface area (Å²) >= 11 is 0. The number of aromatic nitrogens is 2. The molecule has 200 valence electrons. The van der Waals surface area contributed by atoms with E-state index in [1.54, 1.807) is 4.90 Å². The van der Waals surface area contributed by atoms with Gasteiger partial charge < -0.3 is 20.1 Å². The van der Waals surface area contributed by atoms with Crippen molar-refractivity contribution in [3.8, 4) is 17.0 Å². The Balaban J connectivity index is 1.15. The van der Waals surface area contributed by atoms with Crippen molar-refractivity contribution in [2.24, 2.45) is 5.92 Å². The zero-order valence-corrected chi connectivity index (χ0v) is 21.7. The number of ether oxygens (including phenoxy) is 1. The quantitative estimate of drug-likeness (QED) is 0.315. The molecule has 2 fully saturated rings. The van der Waals surface area contributed by atoms with Crippen LogP contribution in [0.15, 0.2) is 72.8 Å². The molecule has 1 aliphatic heterocycles. The van der Waals surface area contributed by atoms with Crippen molar-refractivity contribution in [3.63, 3.8) is 0 Å². The molecule has 0 unspecified atom stereocenters. The normalized spacial score (nSPS) is 16.7. The maximum absolute atomic E-state index is 13.3. The van der Waals surface area contributed by atoms with E-state index >= 15 is 0 Å². The maximum Gasteiger partial charge on any atom is 0.251 e. The minimum absolute atomic E-state index is 0.0214. The molecule has 1 aliphatic carbocycles. The summed E-state index contributed by atoms with van der Waals surface area (Å²) in [7, 11) is 0. The van der Waals surface area contributed by atoms with E-state index < -0.39 is 6.61 Å². The molecule has 2 heterocycles. The Morgan fingerprint density at radius 3 is 2.44 bits per heavy atom. The number of hydrogen-bond donors (Lipinski definition) is 3. The average Bonchev–Trinajstić information content (AvgIpc) is 3.74. The Morgan fingerprint density at radius 2 is 1.74 bits per heavy atom. The van der Waals surface area contributed by atoms with Gasteiger partial charge in [-0.2, -0.15) is 5.10 Å².